The number of nitrogens with two attached hydrogens (primary N) is 1. The van der Waals surface area contributed by atoms with Crippen LogP contribution in [-0.2, 0) is 11.9 Å². The van der Waals surface area contributed by atoms with E-state index in [0.29, 0.717) is 17.4 Å². The topological polar surface area (TPSA) is 88.2 Å². The Morgan fingerprint density at radius 2 is 2.08 bits per heavy atom. The van der Waals surface area contributed by atoms with Crippen LogP contribution >= 0.6 is 32.9 Å². The van der Waals surface area contributed by atoms with E-state index in [4.69, 9.17) is 15.9 Å². The average Bonchev–Trinajstić information content (AvgIpc) is 2.58. The van der Waals surface area contributed by atoms with E-state index in [0.717, 1.165) is 21.3 Å². The van der Waals surface area contributed by atoms with Crippen LogP contribution in [0.5, 0.6) is 5.75 Å². The number of hydrogen-bond donors (Lipinski definition) is 3. The van der Waals surface area contributed by atoms with Crippen LogP contribution in [0.2, 0.25) is 0 Å². The van der Waals surface area contributed by atoms with E-state index in [-0.39, 0.29) is 42.6 Å². The number of methoxy groups -OCH3 is 1. The molecule has 0 aromatic heterocycles. The maximum absolute atomic E-state index is 12.5. The number of carbonyl (C=O) groups excluding carboxylic acids is 1. The van der Waals surface area contributed by atoms with Crippen LogP contribution in [-0.4, -0.2) is 32.7 Å². The van der Waals surface area contributed by atoms with E-state index < -0.39 is 0 Å². The summed E-state index contributed by atoms with van der Waals surface area (Å²) in [5.74, 6) is 0.620. The molecule has 2 aromatic carbocycles. The standard InChI is InChI=1S/C17H18BrN3O2Se.BrH/c1-23-14-4-2-3-11(7-14)9-21-16(22)15-6-5-13(18)8-12(15)10-24-17(19)20;/h2-8H,9-10H2,1H3,(H3,19,20)(H,21,22);1H. The van der Waals surface area contributed by atoms with Crippen molar-refractivity contribution in [2.24, 2.45) is 5.73 Å². The zero-order valence-electron chi connectivity index (χ0n) is 13.5. The van der Waals surface area contributed by atoms with Gasteiger partial charge in [-0.15, -0.1) is 17.0 Å². The van der Waals surface area contributed by atoms with Crippen molar-refractivity contribution in [2.45, 2.75) is 11.9 Å². The Morgan fingerprint density at radius 1 is 1.32 bits per heavy atom. The molecule has 4 N–H and O–H groups in total. The zero-order valence-corrected chi connectivity index (χ0v) is 18.6. The third kappa shape index (κ3) is 6.82. The number of amidine groups is 1. The summed E-state index contributed by atoms with van der Waals surface area (Å²) in [4.78, 5) is 12.5. The molecule has 0 atom stereocenters. The van der Waals surface area contributed by atoms with Gasteiger partial charge in [-0.05, 0) is 0 Å². The van der Waals surface area contributed by atoms with E-state index in [1.165, 1.54) is 0 Å². The Bertz CT molecular complexity index is 756. The Balaban J connectivity index is 0.00000312. The van der Waals surface area contributed by atoms with Crippen molar-refractivity contribution in [3.63, 3.8) is 0 Å². The van der Waals surface area contributed by atoms with E-state index >= 15 is 0 Å². The summed E-state index contributed by atoms with van der Waals surface area (Å²) in [6.45, 7) is 0.420. The normalized spacial score (nSPS) is 9.84. The third-order valence-corrected chi connectivity index (χ3v) is 5.38. The number of rotatable bonds is 7. The summed E-state index contributed by atoms with van der Waals surface area (Å²) in [7, 11) is 1.61. The van der Waals surface area contributed by atoms with Gasteiger partial charge in [0.2, 0.25) is 0 Å². The molecule has 0 fully saturated rings. The summed E-state index contributed by atoms with van der Waals surface area (Å²) in [5, 5.41) is 10.9. The van der Waals surface area contributed by atoms with Crippen LogP contribution in [0.1, 0.15) is 21.5 Å². The van der Waals surface area contributed by atoms with Gasteiger partial charge in [-0.2, -0.15) is 0 Å². The van der Waals surface area contributed by atoms with Gasteiger partial charge in [-0.25, -0.2) is 0 Å². The number of nitrogens with one attached hydrogen (secondary N) is 2. The predicted octanol–water partition coefficient (Wildman–Crippen LogP) is 3.06. The molecule has 0 saturated heterocycles. The minimum atomic E-state index is -0.150. The van der Waals surface area contributed by atoms with Crippen molar-refractivity contribution in [1.82, 2.24) is 5.32 Å². The molecule has 0 radical (unpaired) electrons. The third-order valence-electron chi connectivity index (χ3n) is 3.28. The molecule has 0 aliphatic heterocycles. The van der Waals surface area contributed by atoms with Crippen molar-refractivity contribution in [3.05, 3.63) is 63.6 Å². The fraction of sp³-hybridized carbons (Fsp3) is 0.176. The van der Waals surface area contributed by atoms with Crippen LogP contribution in [0.3, 0.4) is 0 Å². The molecule has 5 nitrogen and oxygen atoms in total. The van der Waals surface area contributed by atoms with Gasteiger partial charge < -0.3 is 0 Å². The van der Waals surface area contributed by atoms with Gasteiger partial charge in [-0.1, -0.05) is 0 Å². The van der Waals surface area contributed by atoms with E-state index in [1.54, 1.807) is 13.2 Å². The van der Waals surface area contributed by atoms with Gasteiger partial charge in [0, 0.05) is 0 Å². The molecule has 0 heterocycles. The second-order valence-electron chi connectivity index (χ2n) is 4.99. The number of amides is 1. The maximum atomic E-state index is 12.5. The molecular weight excluding hydrogens is 517 g/mol. The first-order valence-corrected chi connectivity index (χ1v) is 10.0. The SMILES string of the molecule is Br.COc1cccc(CNC(=O)c2ccc(Br)cc2C[Se]C(=N)N)c1. The number of halogens is 2. The predicted molar refractivity (Wildman–Crippen MR) is 110 cm³/mol. The second kappa shape index (κ2) is 10.6. The van der Waals surface area contributed by atoms with Crippen molar-refractivity contribution in [2.75, 3.05) is 7.11 Å². The molecule has 2 aromatic rings. The van der Waals surface area contributed by atoms with Crippen molar-refractivity contribution in [3.8, 4) is 5.75 Å². The molecule has 2 rings (SSSR count). The van der Waals surface area contributed by atoms with E-state index in [2.05, 4.69) is 21.2 Å². The van der Waals surface area contributed by atoms with Crippen molar-refractivity contribution in [1.29, 1.82) is 5.41 Å². The van der Waals surface area contributed by atoms with Gasteiger partial charge >= 0.3 is 156 Å². The summed E-state index contributed by atoms with van der Waals surface area (Å²) in [6.07, 6.45) is 0. The molecule has 25 heavy (non-hydrogen) atoms. The zero-order chi connectivity index (χ0) is 17.5. The second-order valence-corrected chi connectivity index (χ2v) is 8.04. The van der Waals surface area contributed by atoms with Gasteiger partial charge in [0.1, 0.15) is 0 Å². The number of carbonyl (C=O) groups is 1. The summed E-state index contributed by atoms with van der Waals surface area (Å²) < 4.78 is 6.26. The molecule has 0 aliphatic rings. The van der Waals surface area contributed by atoms with Crippen LogP contribution in [0.4, 0.5) is 0 Å². The molecule has 0 aliphatic carbocycles. The molecule has 8 heteroatoms. The Kier molecular flexibility index (Phi) is 9.21. The van der Waals surface area contributed by atoms with E-state index in [9.17, 15) is 4.79 Å². The van der Waals surface area contributed by atoms with Gasteiger partial charge in [0.15, 0.2) is 0 Å². The minimum absolute atomic E-state index is 0. The monoisotopic (exact) mass is 535 g/mol. The summed E-state index contributed by atoms with van der Waals surface area (Å²) >= 11 is 3.27. The average molecular weight is 536 g/mol. The number of hydrogen-bond acceptors (Lipinski definition) is 3. The van der Waals surface area contributed by atoms with Crippen molar-refractivity contribution < 1.29 is 9.53 Å². The molecule has 0 bridgehead atoms. The summed E-state index contributed by atoms with van der Waals surface area (Å²) in [5.41, 5.74) is 7.93. The molecular formula is C17H19Br2N3O2Se. The van der Waals surface area contributed by atoms with Crippen molar-refractivity contribution >= 4 is 58.5 Å². The molecule has 0 saturated carbocycles. The first kappa shape index (κ1) is 21.7. The fourth-order valence-corrected chi connectivity index (χ4v) is 3.68. The Hall–Kier alpha value is -1.34. The van der Waals surface area contributed by atoms with Crippen LogP contribution < -0.4 is 15.8 Å². The number of benzene rings is 2. The summed E-state index contributed by atoms with van der Waals surface area (Å²) in [6, 6.07) is 13.1. The first-order chi connectivity index (χ1) is 11.5. The molecule has 134 valence electrons. The van der Waals surface area contributed by atoms with Gasteiger partial charge in [-0.3, -0.25) is 0 Å². The Morgan fingerprint density at radius 3 is 2.76 bits per heavy atom. The first-order valence-electron chi connectivity index (χ1n) is 7.16. The van der Waals surface area contributed by atoms with Crippen LogP contribution in [0, 0.1) is 5.41 Å². The van der Waals surface area contributed by atoms with E-state index in [1.807, 2.05) is 36.4 Å². The fourth-order valence-electron chi connectivity index (χ4n) is 2.12. The molecule has 0 spiro atoms. The quantitative estimate of drug-likeness (QED) is 0.289. The number of ether oxygens (including phenoxy) is 1. The van der Waals surface area contributed by atoms with Crippen LogP contribution in [0.25, 0.3) is 0 Å². The molecule has 0 unspecified atom stereocenters. The van der Waals surface area contributed by atoms with Gasteiger partial charge in [0.05, 0.1) is 0 Å². The van der Waals surface area contributed by atoms with Crippen LogP contribution in [0.15, 0.2) is 46.9 Å². The van der Waals surface area contributed by atoms with Gasteiger partial charge in [0.25, 0.3) is 0 Å². The molecule has 1 amide bonds. The Labute approximate surface area is 172 Å².